The van der Waals surface area contributed by atoms with Crippen LogP contribution in [0.2, 0.25) is 0 Å². The first kappa shape index (κ1) is 11.4. The van der Waals surface area contributed by atoms with Gasteiger partial charge in [0.15, 0.2) is 11.5 Å². The van der Waals surface area contributed by atoms with Crippen LogP contribution >= 0.6 is 0 Å². The third-order valence-corrected chi connectivity index (χ3v) is 3.06. The van der Waals surface area contributed by atoms with Crippen LogP contribution in [0.25, 0.3) is 0 Å². The molecular formula is C9H14N6O2. The van der Waals surface area contributed by atoms with E-state index in [4.69, 9.17) is 10.9 Å². The number of aromatic nitrogens is 3. The van der Waals surface area contributed by atoms with Gasteiger partial charge in [0, 0.05) is 0 Å². The van der Waals surface area contributed by atoms with Crippen molar-refractivity contribution in [2.75, 3.05) is 0 Å². The minimum Gasteiger partial charge on any atom is -0.409 e. The van der Waals surface area contributed by atoms with Gasteiger partial charge in [0.1, 0.15) is 5.54 Å². The molecule has 1 amide bonds. The molecule has 2 rings (SSSR count). The Kier molecular flexibility index (Phi) is 2.94. The Morgan fingerprint density at radius 2 is 2.29 bits per heavy atom. The first-order valence-corrected chi connectivity index (χ1v) is 5.34. The standard InChI is InChI=1S/C9H14N6O2/c10-8(14-17)9(3-1-2-4-9)12-7(16)6-5-11-15-13-6/h5,17H,1-4H2,(H2,10,14)(H,12,16)(H,11,13,15). The van der Waals surface area contributed by atoms with E-state index >= 15 is 0 Å². The molecule has 0 spiro atoms. The highest BCUT2D eigenvalue weighted by Crippen LogP contribution is 2.30. The van der Waals surface area contributed by atoms with Crippen molar-refractivity contribution >= 4 is 11.7 Å². The summed E-state index contributed by atoms with van der Waals surface area (Å²) in [4.78, 5) is 11.9. The highest BCUT2D eigenvalue weighted by molar-refractivity contribution is 5.99. The molecule has 1 fully saturated rings. The number of H-pyrrole nitrogens is 1. The molecule has 0 aromatic carbocycles. The largest absolute Gasteiger partial charge is 0.409 e. The number of amidine groups is 1. The van der Waals surface area contributed by atoms with Crippen LogP contribution in [-0.2, 0) is 0 Å². The molecule has 0 bridgehead atoms. The maximum absolute atomic E-state index is 11.9. The number of aromatic amines is 1. The maximum Gasteiger partial charge on any atom is 0.274 e. The number of nitrogens with one attached hydrogen (secondary N) is 2. The van der Waals surface area contributed by atoms with Crippen LogP contribution < -0.4 is 11.1 Å². The van der Waals surface area contributed by atoms with Crippen molar-refractivity contribution < 1.29 is 10.0 Å². The second kappa shape index (κ2) is 4.40. The molecule has 8 nitrogen and oxygen atoms in total. The van der Waals surface area contributed by atoms with E-state index in [2.05, 4.69) is 25.9 Å². The van der Waals surface area contributed by atoms with E-state index in [1.165, 1.54) is 6.20 Å². The number of oxime groups is 1. The highest BCUT2D eigenvalue weighted by Gasteiger charge is 2.40. The average Bonchev–Trinajstić information content (AvgIpc) is 2.99. The number of nitrogens with zero attached hydrogens (tertiary/aromatic N) is 3. The van der Waals surface area contributed by atoms with Crippen molar-refractivity contribution in [1.29, 1.82) is 0 Å². The number of hydrogen-bond donors (Lipinski definition) is 4. The number of carbonyl (C=O) groups excluding carboxylic acids is 1. The molecule has 8 heteroatoms. The van der Waals surface area contributed by atoms with Crippen molar-refractivity contribution in [2.45, 2.75) is 31.2 Å². The summed E-state index contributed by atoms with van der Waals surface area (Å²) in [5.74, 6) is -0.348. The number of rotatable bonds is 3. The highest BCUT2D eigenvalue weighted by atomic mass is 16.4. The zero-order valence-corrected chi connectivity index (χ0v) is 9.18. The van der Waals surface area contributed by atoms with Crippen molar-refractivity contribution in [3.63, 3.8) is 0 Å². The first-order chi connectivity index (χ1) is 8.18. The molecule has 1 aromatic heterocycles. The molecule has 0 atom stereocenters. The van der Waals surface area contributed by atoms with Crippen LogP contribution in [0.5, 0.6) is 0 Å². The molecule has 0 saturated heterocycles. The van der Waals surface area contributed by atoms with Crippen molar-refractivity contribution in [2.24, 2.45) is 10.9 Å². The Hall–Kier alpha value is -2.12. The lowest BCUT2D eigenvalue weighted by molar-refractivity contribution is 0.0917. The summed E-state index contributed by atoms with van der Waals surface area (Å²) in [7, 11) is 0. The van der Waals surface area contributed by atoms with E-state index in [-0.39, 0.29) is 17.4 Å². The monoisotopic (exact) mass is 238 g/mol. The van der Waals surface area contributed by atoms with Gasteiger partial charge in [-0.25, -0.2) is 0 Å². The molecule has 1 saturated carbocycles. The fourth-order valence-electron chi connectivity index (χ4n) is 2.11. The van der Waals surface area contributed by atoms with Gasteiger partial charge in [0.25, 0.3) is 5.91 Å². The summed E-state index contributed by atoms with van der Waals surface area (Å²) in [5.41, 5.74) is 5.08. The lowest BCUT2D eigenvalue weighted by Crippen LogP contribution is -2.55. The summed E-state index contributed by atoms with van der Waals surface area (Å²) in [5, 5.41) is 24.2. The Balaban J connectivity index is 2.17. The van der Waals surface area contributed by atoms with E-state index in [1.54, 1.807) is 0 Å². The van der Waals surface area contributed by atoms with Crippen LogP contribution in [0, 0.1) is 0 Å². The van der Waals surface area contributed by atoms with Crippen molar-refractivity contribution in [1.82, 2.24) is 20.7 Å². The normalized spacial score (nSPS) is 19.2. The Bertz CT molecular complexity index is 421. The van der Waals surface area contributed by atoms with Crippen LogP contribution in [0.15, 0.2) is 11.4 Å². The average molecular weight is 238 g/mol. The lowest BCUT2D eigenvalue weighted by atomic mass is 9.96. The van der Waals surface area contributed by atoms with Gasteiger partial charge in [0.05, 0.1) is 6.20 Å². The predicted molar refractivity (Wildman–Crippen MR) is 58.5 cm³/mol. The van der Waals surface area contributed by atoms with Gasteiger partial charge < -0.3 is 16.3 Å². The van der Waals surface area contributed by atoms with E-state index in [1.807, 2.05) is 0 Å². The van der Waals surface area contributed by atoms with E-state index in [9.17, 15) is 4.79 Å². The lowest BCUT2D eigenvalue weighted by Gasteiger charge is -2.28. The quantitative estimate of drug-likeness (QED) is 0.246. The number of nitrogens with two attached hydrogens (primary N) is 1. The Morgan fingerprint density at radius 1 is 1.59 bits per heavy atom. The summed E-state index contributed by atoms with van der Waals surface area (Å²) in [6, 6.07) is 0. The maximum atomic E-state index is 11.9. The molecule has 1 heterocycles. The predicted octanol–water partition coefficient (Wildman–Crippen LogP) is -0.406. The van der Waals surface area contributed by atoms with Gasteiger partial charge in [-0.15, -0.1) is 0 Å². The smallest absolute Gasteiger partial charge is 0.274 e. The number of amides is 1. The molecular weight excluding hydrogens is 224 g/mol. The molecule has 0 radical (unpaired) electrons. The number of hydrogen-bond acceptors (Lipinski definition) is 5. The van der Waals surface area contributed by atoms with Gasteiger partial charge in [-0.05, 0) is 12.8 Å². The van der Waals surface area contributed by atoms with Crippen LogP contribution in [0.1, 0.15) is 36.2 Å². The zero-order chi connectivity index (χ0) is 12.3. The fraction of sp³-hybridized carbons (Fsp3) is 0.556. The third-order valence-electron chi connectivity index (χ3n) is 3.06. The molecule has 0 aliphatic heterocycles. The molecule has 0 unspecified atom stereocenters. The SMILES string of the molecule is NC(=NO)C1(NC(=O)c2cn[nH]n2)CCCC1. The van der Waals surface area contributed by atoms with E-state index in [0.717, 1.165) is 12.8 Å². The van der Waals surface area contributed by atoms with Gasteiger partial charge in [-0.2, -0.15) is 15.4 Å². The van der Waals surface area contributed by atoms with Gasteiger partial charge >= 0.3 is 0 Å². The molecule has 1 aliphatic rings. The number of carbonyl (C=O) groups is 1. The third kappa shape index (κ3) is 2.05. The summed E-state index contributed by atoms with van der Waals surface area (Å²) in [6.45, 7) is 0. The molecule has 5 N–H and O–H groups in total. The second-order valence-electron chi connectivity index (χ2n) is 4.08. The van der Waals surface area contributed by atoms with Gasteiger partial charge in [-0.1, -0.05) is 18.0 Å². The van der Waals surface area contributed by atoms with Crippen molar-refractivity contribution in [3.8, 4) is 0 Å². The zero-order valence-electron chi connectivity index (χ0n) is 9.18. The van der Waals surface area contributed by atoms with E-state index in [0.29, 0.717) is 12.8 Å². The van der Waals surface area contributed by atoms with Crippen molar-refractivity contribution in [3.05, 3.63) is 11.9 Å². The summed E-state index contributed by atoms with van der Waals surface area (Å²) >= 11 is 0. The van der Waals surface area contributed by atoms with Crippen LogP contribution in [0.4, 0.5) is 0 Å². The summed E-state index contributed by atoms with van der Waals surface area (Å²) in [6.07, 6.45) is 4.49. The Morgan fingerprint density at radius 3 is 2.82 bits per heavy atom. The first-order valence-electron chi connectivity index (χ1n) is 5.34. The van der Waals surface area contributed by atoms with Gasteiger partial charge in [0.2, 0.25) is 0 Å². The molecule has 17 heavy (non-hydrogen) atoms. The molecule has 1 aliphatic carbocycles. The minimum absolute atomic E-state index is 0.0341. The Labute approximate surface area is 97.3 Å². The van der Waals surface area contributed by atoms with E-state index < -0.39 is 5.54 Å². The summed E-state index contributed by atoms with van der Waals surface area (Å²) < 4.78 is 0. The van der Waals surface area contributed by atoms with Gasteiger partial charge in [-0.3, -0.25) is 4.79 Å². The molecule has 1 aromatic rings. The van der Waals surface area contributed by atoms with Crippen LogP contribution in [-0.4, -0.2) is 37.9 Å². The fourth-order valence-corrected chi connectivity index (χ4v) is 2.11. The van der Waals surface area contributed by atoms with Crippen LogP contribution in [0.3, 0.4) is 0 Å². The topological polar surface area (TPSA) is 129 Å². The second-order valence-corrected chi connectivity index (χ2v) is 4.08. The minimum atomic E-state index is -0.759. The molecule has 92 valence electrons.